The molecule has 0 spiro atoms. The lowest BCUT2D eigenvalue weighted by Crippen LogP contribution is -2.48. The van der Waals surface area contributed by atoms with E-state index in [-0.39, 0.29) is 12.3 Å². The van der Waals surface area contributed by atoms with Gasteiger partial charge in [0.25, 0.3) is 0 Å². The number of hydrogen-bond donors (Lipinski definition) is 1. The Hall–Kier alpha value is -0.160. The van der Waals surface area contributed by atoms with E-state index in [2.05, 4.69) is 12.2 Å². The first kappa shape index (κ1) is 12.3. The SMILES string of the molecule is COC(OC)C(C)NC1CCOC1C1CC1. The van der Waals surface area contributed by atoms with Crippen LogP contribution in [0.1, 0.15) is 26.2 Å². The number of rotatable bonds is 6. The summed E-state index contributed by atoms with van der Waals surface area (Å²) in [6, 6.07) is 0.665. The second kappa shape index (κ2) is 5.45. The Balaban J connectivity index is 1.82. The zero-order valence-electron chi connectivity index (χ0n) is 10.4. The third kappa shape index (κ3) is 2.74. The summed E-state index contributed by atoms with van der Waals surface area (Å²) in [5.74, 6) is 0.788. The molecule has 0 radical (unpaired) electrons. The summed E-state index contributed by atoms with van der Waals surface area (Å²) < 4.78 is 16.3. The third-order valence-electron chi connectivity index (χ3n) is 3.57. The Morgan fingerprint density at radius 1 is 1.19 bits per heavy atom. The van der Waals surface area contributed by atoms with Gasteiger partial charge in [-0.15, -0.1) is 0 Å². The molecule has 16 heavy (non-hydrogen) atoms. The van der Waals surface area contributed by atoms with Crippen molar-refractivity contribution in [2.75, 3.05) is 20.8 Å². The summed E-state index contributed by atoms with van der Waals surface area (Å²) in [6.07, 6.45) is 3.99. The van der Waals surface area contributed by atoms with E-state index in [1.54, 1.807) is 14.2 Å². The van der Waals surface area contributed by atoms with Crippen LogP contribution in [0.4, 0.5) is 0 Å². The average molecular weight is 229 g/mol. The summed E-state index contributed by atoms with van der Waals surface area (Å²) in [5, 5.41) is 3.58. The molecule has 94 valence electrons. The molecule has 2 rings (SSSR count). The fourth-order valence-corrected chi connectivity index (χ4v) is 2.60. The Morgan fingerprint density at radius 3 is 2.44 bits per heavy atom. The minimum Gasteiger partial charge on any atom is -0.376 e. The second-order valence-corrected chi connectivity index (χ2v) is 4.86. The molecule has 0 bridgehead atoms. The van der Waals surface area contributed by atoms with Gasteiger partial charge in [0.05, 0.1) is 12.1 Å². The lowest BCUT2D eigenvalue weighted by molar-refractivity contribution is -0.122. The zero-order chi connectivity index (χ0) is 11.5. The summed E-state index contributed by atoms with van der Waals surface area (Å²) >= 11 is 0. The number of nitrogens with one attached hydrogen (secondary N) is 1. The first-order valence-corrected chi connectivity index (χ1v) is 6.19. The molecule has 1 heterocycles. The van der Waals surface area contributed by atoms with Crippen LogP contribution < -0.4 is 5.32 Å². The maximum absolute atomic E-state index is 5.79. The predicted molar refractivity (Wildman–Crippen MR) is 61.3 cm³/mol. The fourth-order valence-electron chi connectivity index (χ4n) is 2.60. The number of ether oxygens (including phenoxy) is 3. The molecule has 1 saturated carbocycles. The van der Waals surface area contributed by atoms with Crippen LogP contribution in [0.5, 0.6) is 0 Å². The molecule has 0 amide bonds. The van der Waals surface area contributed by atoms with Gasteiger partial charge in [0.15, 0.2) is 6.29 Å². The molecule has 1 aliphatic carbocycles. The third-order valence-corrected chi connectivity index (χ3v) is 3.57. The standard InChI is InChI=1S/C12H23NO3/c1-8(12(14-2)15-3)13-10-6-7-16-11(10)9-4-5-9/h8-13H,4-7H2,1-3H3. The van der Waals surface area contributed by atoms with Gasteiger partial charge in [-0.1, -0.05) is 0 Å². The van der Waals surface area contributed by atoms with E-state index < -0.39 is 0 Å². The minimum absolute atomic E-state index is 0.180. The lowest BCUT2D eigenvalue weighted by Gasteiger charge is -2.28. The van der Waals surface area contributed by atoms with E-state index in [9.17, 15) is 0 Å². The van der Waals surface area contributed by atoms with Crippen molar-refractivity contribution in [3.63, 3.8) is 0 Å². The largest absolute Gasteiger partial charge is 0.376 e. The van der Waals surface area contributed by atoms with E-state index in [4.69, 9.17) is 14.2 Å². The Morgan fingerprint density at radius 2 is 1.88 bits per heavy atom. The summed E-state index contributed by atoms with van der Waals surface area (Å²) in [4.78, 5) is 0. The lowest BCUT2D eigenvalue weighted by atomic mass is 10.1. The second-order valence-electron chi connectivity index (χ2n) is 4.86. The van der Waals surface area contributed by atoms with Crippen molar-refractivity contribution >= 4 is 0 Å². The molecule has 2 fully saturated rings. The maximum Gasteiger partial charge on any atom is 0.171 e. The molecular formula is C12H23NO3. The minimum atomic E-state index is -0.180. The normalized spacial score (nSPS) is 32.2. The van der Waals surface area contributed by atoms with Crippen molar-refractivity contribution < 1.29 is 14.2 Å². The van der Waals surface area contributed by atoms with Gasteiger partial charge in [-0.3, -0.25) is 0 Å². The average Bonchev–Trinajstić information content (AvgIpc) is 3.02. The molecule has 3 unspecified atom stereocenters. The molecule has 4 heteroatoms. The molecule has 3 atom stereocenters. The van der Waals surface area contributed by atoms with Crippen LogP contribution in [0, 0.1) is 5.92 Å². The van der Waals surface area contributed by atoms with Crippen LogP contribution in [0.2, 0.25) is 0 Å². The number of hydrogen-bond acceptors (Lipinski definition) is 4. The van der Waals surface area contributed by atoms with Gasteiger partial charge in [0.2, 0.25) is 0 Å². The van der Waals surface area contributed by atoms with E-state index in [0.29, 0.717) is 12.1 Å². The summed E-state index contributed by atoms with van der Waals surface area (Å²) in [7, 11) is 3.35. The fraction of sp³-hybridized carbons (Fsp3) is 1.00. The molecule has 1 saturated heterocycles. The van der Waals surface area contributed by atoms with Crippen molar-refractivity contribution in [1.29, 1.82) is 0 Å². The predicted octanol–water partition coefficient (Wildman–Crippen LogP) is 1.15. The van der Waals surface area contributed by atoms with Crippen LogP contribution in [0.25, 0.3) is 0 Å². The van der Waals surface area contributed by atoms with Crippen LogP contribution in [0.3, 0.4) is 0 Å². The van der Waals surface area contributed by atoms with Gasteiger partial charge in [-0.2, -0.15) is 0 Å². The van der Waals surface area contributed by atoms with Gasteiger partial charge in [0.1, 0.15) is 0 Å². The zero-order valence-corrected chi connectivity index (χ0v) is 10.4. The highest BCUT2D eigenvalue weighted by molar-refractivity contribution is 4.94. The van der Waals surface area contributed by atoms with Gasteiger partial charge in [0, 0.05) is 26.9 Å². The van der Waals surface area contributed by atoms with E-state index in [0.717, 1.165) is 18.9 Å². The first-order valence-electron chi connectivity index (χ1n) is 6.19. The molecule has 1 aliphatic heterocycles. The van der Waals surface area contributed by atoms with Crippen molar-refractivity contribution in [3.05, 3.63) is 0 Å². The van der Waals surface area contributed by atoms with Gasteiger partial charge in [-0.05, 0) is 32.1 Å². The molecule has 1 N–H and O–H groups in total. The van der Waals surface area contributed by atoms with E-state index in [1.165, 1.54) is 12.8 Å². The molecule has 0 aromatic rings. The van der Waals surface area contributed by atoms with Crippen LogP contribution in [-0.4, -0.2) is 45.3 Å². The quantitative estimate of drug-likeness (QED) is 0.694. The molecule has 2 aliphatic rings. The monoisotopic (exact) mass is 229 g/mol. The summed E-state index contributed by atoms with van der Waals surface area (Å²) in [6.45, 7) is 2.98. The van der Waals surface area contributed by atoms with Crippen molar-refractivity contribution in [1.82, 2.24) is 5.32 Å². The Labute approximate surface area is 97.6 Å². The summed E-state index contributed by atoms with van der Waals surface area (Å²) in [5.41, 5.74) is 0. The highest BCUT2D eigenvalue weighted by Crippen LogP contribution is 2.38. The van der Waals surface area contributed by atoms with E-state index in [1.807, 2.05) is 0 Å². The highest BCUT2D eigenvalue weighted by atomic mass is 16.7. The maximum atomic E-state index is 5.79. The number of methoxy groups -OCH3 is 2. The van der Waals surface area contributed by atoms with Crippen LogP contribution in [0.15, 0.2) is 0 Å². The molecule has 0 aromatic carbocycles. The van der Waals surface area contributed by atoms with Gasteiger partial charge in [-0.25, -0.2) is 0 Å². The highest BCUT2D eigenvalue weighted by Gasteiger charge is 2.41. The van der Waals surface area contributed by atoms with Crippen molar-refractivity contribution in [2.24, 2.45) is 5.92 Å². The smallest absolute Gasteiger partial charge is 0.171 e. The van der Waals surface area contributed by atoms with Crippen molar-refractivity contribution in [2.45, 2.75) is 50.7 Å². The molecular weight excluding hydrogens is 206 g/mol. The van der Waals surface area contributed by atoms with Crippen LogP contribution >= 0.6 is 0 Å². The van der Waals surface area contributed by atoms with E-state index >= 15 is 0 Å². The molecule has 4 nitrogen and oxygen atoms in total. The first-order chi connectivity index (χ1) is 7.76. The topological polar surface area (TPSA) is 39.7 Å². The van der Waals surface area contributed by atoms with Crippen molar-refractivity contribution in [3.8, 4) is 0 Å². The van der Waals surface area contributed by atoms with Gasteiger partial charge < -0.3 is 19.5 Å². The molecule has 0 aromatic heterocycles. The van der Waals surface area contributed by atoms with Gasteiger partial charge >= 0.3 is 0 Å². The van der Waals surface area contributed by atoms with Crippen LogP contribution in [-0.2, 0) is 14.2 Å². The Kier molecular flexibility index (Phi) is 4.19. The Bertz CT molecular complexity index is 216.